The van der Waals surface area contributed by atoms with Gasteiger partial charge in [-0.25, -0.2) is 14.4 Å². The number of piperidine rings is 1. The molecule has 1 aromatic carbocycles. The molecule has 1 aliphatic rings. The van der Waals surface area contributed by atoms with Crippen LogP contribution >= 0.6 is 34.3 Å². The molecule has 0 radical (unpaired) electrons. The Balaban J connectivity index is 1.32. The monoisotopic (exact) mass is 492 g/mol. The molecule has 3 heterocycles. The third-order valence-electron chi connectivity index (χ3n) is 5.42. The number of nitrogens with one attached hydrogen (secondary N) is 1. The quantitative estimate of drug-likeness (QED) is 0.546. The molecule has 0 saturated carbocycles. The predicted octanol–water partition coefficient (Wildman–Crippen LogP) is 4.96. The maximum absolute atomic E-state index is 13.3. The number of aryl methyl sites for hydroxylation is 2. The van der Waals surface area contributed by atoms with Gasteiger partial charge in [0.15, 0.2) is 0 Å². The molecule has 1 aliphatic heterocycles. The lowest BCUT2D eigenvalue weighted by Crippen LogP contribution is -2.37. The molecule has 32 heavy (non-hydrogen) atoms. The summed E-state index contributed by atoms with van der Waals surface area (Å²) in [7, 11) is 0. The van der Waals surface area contributed by atoms with E-state index in [4.69, 9.17) is 11.6 Å². The number of rotatable bonds is 5. The minimum Gasteiger partial charge on any atom is -0.347 e. The second kappa shape index (κ2) is 9.64. The SMILES string of the molecule is Cc1nc(C)c(C(=O)N2CCC(c3nc(C(=O)NCc4ccc(F)c(Cl)c4)cs3)CC2)s1. The highest BCUT2D eigenvalue weighted by atomic mass is 35.5. The maximum Gasteiger partial charge on any atom is 0.271 e. The van der Waals surface area contributed by atoms with Gasteiger partial charge in [-0.2, -0.15) is 0 Å². The van der Waals surface area contributed by atoms with Crippen LogP contribution in [-0.2, 0) is 6.54 Å². The zero-order chi connectivity index (χ0) is 22.8. The first kappa shape index (κ1) is 22.8. The molecule has 4 rings (SSSR count). The number of hydrogen-bond donors (Lipinski definition) is 1. The molecule has 6 nitrogen and oxygen atoms in total. The summed E-state index contributed by atoms with van der Waals surface area (Å²) in [6.07, 6.45) is 1.62. The molecule has 0 aliphatic carbocycles. The van der Waals surface area contributed by atoms with Crippen molar-refractivity contribution in [3.05, 3.63) is 66.3 Å². The Bertz CT molecular complexity index is 1150. The predicted molar refractivity (Wildman–Crippen MR) is 124 cm³/mol. The van der Waals surface area contributed by atoms with E-state index in [1.807, 2.05) is 18.7 Å². The summed E-state index contributed by atoms with van der Waals surface area (Å²) in [4.78, 5) is 36.8. The first-order chi connectivity index (χ1) is 15.3. The second-order valence-electron chi connectivity index (χ2n) is 7.72. The number of carbonyl (C=O) groups is 2. The van der Waals surface area contributed by atoms with E-state index in [1.54, 1.807) is 11.4 Å². The Labute approximate surface area is 198 Å². The zero-order valence-corrected chi connectivity index (χ0v) is 20.0. The summed E-state index contributed by atoms with van der Waals surface area (Å²) in [5, 5.41) is 6.39. The molecule has 0 bridgehead atoms. The van der Waals surface area contributed by atoms with Crippen molar-refractivity contribution < 1.29 is 14.0 Å². The third-order valence-corrected chi connectivity index (χ3v) is 7.78. The molecule has 0 unspecified atom stereocenters. The first-order valence-corrected chi connectivity index (χ1v) is 12.3. The van der Waals surface area contributed by atoms with Gasteiger partial charge in [0.2, 0.25) is 0 Å². The minimum atomic E-state index is -0.490. The van der Waals surface area contributed by atoms with Crippen LogP contribution in [0.5, 0.6) is 0 Å². The van der Waals surface area contributed by atoms with Crippen LogP contribution in [0.15, 0.2) is 23.6 Å². The summed E-state index contributed by atoms with van der Waals surface area (Å²) in [5.41, 5.74) is 1.87. The largest absolute Gasteiger partial charge is 0.347 e. The molecule has 0 spiro atoms. The van der Waals surface area contributed by atoms with E-state index in [9.17, 15) is 14.0 Å². The number of amides is 2. The third kappa shape index (κ3) is 5.00. The first-order valence-electron chi connectivity index (χ1n) is 10.2. The molecule has 2 aromatic heterocycles. The van der Waals surface area contributed by atoms with Crippen molar-refractivity contribution >= 4 is 46.1 Å². The van der Waals surface area contributed by atoms with Gasteiger partial charge >= 0.3 is 0 Å². The van der Waals surface area contributed by atoms with Crippen LogP contribution in [0, 0.1) is 19.7 Å². The summed E-state index contributed by atoms with van der Waals surface area (Å²) in [6, 6.07) is 4.35. The van der Waals surface area contributed by atoms with Crippen molar-refractivity contribution in [2.24, 2.45) is 0 Å². The van der Waals surface area contributed by atoms with Gasteiger partial charge in [0.1, 0.15) is 16.4 Å². The fourth-order valence-corrected chi connectivity index (χ4v) is 5.77. The van der Waals surface area contributed by atoms with Gasteiger partial charge in [0, 0.05) is 30.9 Å². The van der Waals surface area contributed by atoms with E-state index in [-0.39, 0.29) is 29.3 Å². The topological polar surface area (TPSA) is 75.2 Å². The van der Waals surface area contributed by atoms with Gasteiger partial charge in [-0.15, -0.1) is 22.7 Å². The summed E-state index contributed by atoms with van der Waals surface area (Å²) in [6.45, 7) is 5.34. The smallest absolute Gasteiger partial charge is 0.271 e. The van der Waals surface area contributed by atoms with Gasteiger partial charge in [0.25, 0.3) is 11.8 Å². The van der Waals surface area contributed by atoms with Gasteiger partial charge in [-0.05, 0) is 44.4 Å². The Morgan fingerprint density at radius 2 is 2.00 bits per heavy atom. The summed E-state index contributed by atoms with van der Waals surface area (Å²) >= 11 is 8.69. The number of thiazole rings is 2. The van der Waals surface area contributed by atoms with Crippen molar-refractivity contribution in [2.45, 2.75) is 39.2 Å². The number of aromatic nitrogens is 2. The average Bonchev–Trinajstić information content (AvgIpc) is 3.40. The van der Waals surface area contributed by atoms with E-state index in [1.165, 1.54) is 34.8 Å². The molecule has 1 N–H and O–H groups in total. The van der Waals surface area contributed by atoms with Gasteiger partial charge in [-0.1, -0.05) is 17.7 Å². The van der Waals surface area contributed by atoms with Crippen molar-refractivity contribution in [3.63, 3.8) is 0 Å². The number of likely N-dealkylation sites (tertiary alicyclic amines) is 1. The Morgan fingerprint density at radius 1 is 1.25 bits per heavy atom. The van der Waals surface area contributed by atoms with Gasteiger partial charge in [-0.3, -0.25) is 9.59 Å². The van der Waals surface area contributed by atoms with E-state index in [2.05, 4.69) is 15.3 Å². The fourth-order valence-electron chi connectivity index (χ4n) is 3.70. The molecule has 10 heteroatoms. The van der Waals surface area contributed by atoms with Crippen molar-refractivity contribution in [1.29, 1.82) is 0 Å². The highest BCUT2D eigenvalue weighted by Crippen LogP contribution is 2.31. The lowest BCUT2D eigenvalue weighted by molar-refractivity contribution is 0.0717. The number of halogens is 2. The highest BCUT2D eigenvalue weighted by molar-refractivity contribution is 7.13. The molecule has 3 aromatic rings. The standard InChI is InChI=1S/C22H22ClFN4O2S2/c1-12-19(32-13(2)26-12)22(30)28-7-5-15(6-8-28)21-27-18(11-31-21)20(29)25-10-14-3-4-17(24)16(23)9-14/h3-4,9,11,15H,5-8,10H2,1-2H3,(H,25,29). The van der Waals surface area contributed by atoms with Crippen LogP contribution < -0.4 is 5.32 Å². The molecular formula is C22H22ClFN4O2S2. The van der Waals surface area contributed by atoms with Crippen molar-refractivity contribution in [3.8, 4) is 0 Å². The van der Waals surface area contributed by atoms with Gasteiger partial charge < -0.3 is 10.2 Å². The molecule has 0 atom stereocenters. The van der Waals surface area contributed by atoms with Gasteiger partial charge in [0.05, 0.1) is 20.7 Å². The minimum absolute atomic E-state index is 0.0261. The summed E-state index contributed by atoms with van der Waals surface area (Å²) < 4.78 is 13.3. The van der Waals surface area contributed by atoms with Crippen LogP contribution in [0.2, 0.25) is 5.02 Å². The molecule has 168 valence electrons. The van der Waals surface area contributed by atoms with E-state index < -0.39 is 5.82 Å². The number of nitrogens with zero attached hydrogens (tertiary/aromatic N) is 3. The van der Waals surface area contributed by atoms with Crippen molar-refractivity contribution in [1.82, 2.24) is 20.2 Å². The Hall–Kier alpha value is -2.36. The average molecular weight is 493 g/mol. The molecule has 1 saturated heterocycles. The van der Waals surface area contributed by atoms with E-state index in [0.717, 1.165) is 33.4 Å². The molecule has 2 amide bonds. The number of carbonyl (C=O) groups excluding carboxylic acids is 2. The zero-order valence-electron chi connectivity index (χ0n) is 17.7. The Kier molecular flexibility index (Phi) is 6.88. The van der Waals surface area contributed by atoms with Crippen LogP contribution in [0.3, 0.4) is 0 Å². The lowest BCUT2D eigenvalue weighted by atomic mass is 9.97. The fraction of sp³-hybridized carbons (Fsp3) is 0.364. The van der Waals surface area contributed by atoms with E-state index in [0.29, 0.717) is 24.3 Å². The van der Waals surface area contributed by atoms with Crippen LogP contribution in [-0.4, -0.2) is 39.8 Å². The summed E-state index contributed by atoms with van der Waals surface area (Å²) in [5.74, 6) is -0.495. The van der Waals surface area contributed by atoms with Crippen LogP contribution in [0.4, 0.5) is 4.39 Å². The van der Waals surface area contributed by atoms with E-state index >= 15 is 0 Å². The normalized spacial score (nSPS) is 14.6. The highest BCUT2D eigenvalue weighted by Gasteiger charge is 2.28. The Morgan fingerprint density at radius 3 is 2.66 bits per heavy atom. The van der Waals surface area contributed by atoms with Crippen LogP contribution in [0.25, 0.3) is 0 Å². The molecule has 1 fully saturated rings. The van der Waals surface area contributed by atoms with Crippen LogP contribution in [0.1, 0.15) is 60.2 Å². The number of hydrogen-bond acceptors (Lipinski definition) is 6. The maximum atomic E-state index is 13.3. The molecular weight excluding hydrogens is 471 g/mol. The number of benzene rings is 1. The second-order valence-corrected chi connectivity index (χ2v) is 10.2. The van der Waals surface area contributed by atoms with Crippen molar-refractivity contribution in [2.75, 3.05) is 13.1 Å². The lowest BCUT2D eigenvalue weighted by Gasteiger charge is -2.30.